The molecule has 25 heavy (non-hydrogen) atoms. The second-order valence-electron chi connectivity index (χ2n) is 6.56. The van der Waals surface area contributed by atoms with Crippen molar-refractivity contribution in [2.24, 2.45) is 0 Å². The van der Waals surface area contributed by atoms with E-state index in [4.69, 9.17) is 15.2 Å². The summed E-state index contributed by atoms with van der Waals surface area (Å²) in [6.07, 6.45) is 0.0406. The Morgan fingerprint density at radius 2 is 1.76 bits per heavy atom. The predicted molar refractivity (Wildman–Crippen MR) is 98.5 cm³/mol. The molecule has 1 aliphatic rings. The molecule has 1 aromatic carbocycles. The number of nitrogens with zero attached hydrogens (tertiary/aromatic N) is 3. The molecule has 2 N–H and O–H groups in total. The molecule has 1 aromatic heterocycles. The number of nitrogen functional groups attached to an aromatic ring is 1. The molecule has 3 rings (SSSR count). The zero-order valence-electron chi connectivity index (χ0n) is 15.1. The molecule has 0 amide bonds. The topological polar surface area (TPSA) is 73.5 Å². The fraction of sp³-hybridized carbons (Fsp3) is 0.474. The summed E-state index contributed by atoms with van der Waals surface area (Å²) in [4.78, 5) is 10.9. The summed E-state index contributed by atoms with van der Waals surface area (Å²) >= 11 is 0. The van der Waals surface area contributed by atoms with Gasteiger partial charge in [0.05, 0.1) is 25.0 Å². The molecular formula is C19H26N4O2. The molecule has 0 unspecified atom stereocenters. The van der Waals surface area contributed by atoms with Crippen LogP contribution in [0.4, 0.5) is 5.95 Å². The predicted octanol–water partition coefficient (Wildman–Crippen LogP) is 2.91. The third-order valence-corrected chi connectivity index (χ3v) is 4.36. The summed E-state index contributed by atoms with van der Waals surface area (Å²) in [5.41, 5.74) is 8.88. The molecule has 0 saturated carbocycles. The number of rotatable bonds is 5. The minimum absolute atomic E-state index is 0.0406. The van der Waals surface area contributed by atoms with Crippen molar-refractivity contribution in [3.8, 4) is 17.1 Å². The number of ether oxygens (including phenoxy) is 2. The highest BCUT2D eigenvalue weighted by atomic mass is 16.5. The van der Waals surface area contributed by atoms with Crippen LogP contribution >= 0.6 is 0 Å². The van der Waals surface area contributed by atoms with Gasteiger partial charge in [0.15, 0.2) is 0 Å². The van der Waals surface area contributed by atoms with Crippen molar-refractivity contribution in [2.45, 2.75) is 32.9 Å². The average Bonchev–Trinajstić information content (AvgIpc) is 2.61. The van der Waals surface area contributed by atoms with Crippen molar-refractivity contribution in [3.63, 3.8) is 0 Å². The highest BCUT2D eigenvalue weighted by Gasteiger charge is 2.18. The van der Waals surface area contributed by atoms with E-state index in [-0.39, 0.29) is 12.1 Å². The number of benzene rings is 1. The maximum atomic E-state index is 5.83. The lowest BCUT2D eigenvalue weighted by Gasteiger charge is -2.32. The number of hydrogen-bond donors (Lipinski definition) is 1. The molecule has 2 aromatic rings. The highest BCUT2D eigenvalue weighted by Crippen LogP contribution is 2.26. The van der Waals surface area contributed by atoms with E-state index in [1.165, 1.54) is 5.56 Å². The second kappa shape index (κ2) is 7.80. The maximum absolute atomic E-state index is 5.83. The van der Waals surface area contributed by atoms with Gasteiger partial charge in [-0.1, -0.05) is 24.3 Å². The maximum Gasteiger partial charge on any atom is 0.223 e. The zero-order valence-corrected chi connectivity index (χ0v) is 15.1. The first-order valence-electron chi connectivity index (χ1n) is 8.76. The van der Waals surface area contributed by atoms with Gasteiger partial charge in [0.25, 0.3) is 0 Å². The molecule has 134 valence electrons. The van der Waals surface area contributed by atoms with Crippen LogP contribution < -0.4 is 10.5 Å². The zero-order chi connectivity index (χ0) is 17.8. The second-order valence-corrected chi connectivity index (χ2v) is 6.56. The van der Waals surface area contributed by atoms with E-state index in [0.717, 1.165) is 37.6 Å². The molecule has 6 nitrogen and oxygen atoms in total. The summed E-state index contributed by atoms with van der Waals surface area (Å²) in [5.74, 6) is 0.724. The fourth-order valence-corrected chi connectivity index (χ4v) is 3.00. The summed E-state index contributed by atoms with van der Waals surface area (Å²) in [6.45, 7) is 9.71. The number of nitrogens with two attached hydrogens (primary N) is 1. The Labute approximate surface area is 149 Å². The first-order valence-corrected chi connectivity index (χ1v) is 8.76. The molecule has 2 heterocycles. The Morgan fingerprint density at radius 1 is 1.08 bits per heavy atom. The molecule has 0 aliphatic carbocycles. The third kappa shape index (κ3) is 4.46. The summed E-state index contributed by atoms with van der Waals surface area (Å²) in [5, 5.41) is 0. The lowest BCUT2D eigenvalue weighted by atomic mass is 10.0. The number of anilines is 1. The van der Waals surface area contributed by atoms with Crippen molar-refractivity contribution < 1.29 is 9.47 Å². The Balaban J connectivity index is 1.79. The Kier molecular flexibility index (Phi) is 5.50. The van der Waals surface area contributed by atoms with E-state index < -0.39 is 0 Å². The SMILES string of the molecule is CC(C)Oc1cc(-c2ccc([C@@H](C)N3CCOCC3)cc2)nc(N)n1. The molecule has 0 radical (unpaired) electrons. The van der Waals surface area contributed by atoms with E-state index >= 15 is 0 Å². The van der Waals surface area contributed by atoms with Crippen molar-refractivity contribution in [3.05, 3.63) is 35.9 Å². The van der Waals surface area contributed by atoms with Gasteiger partial charge in [-0.25, -0.2) is 4.98 Å². The van der Waals surface area contributed by atoms with Crippen LogP contribution in [0.2, 0.25) is 0 Å². The minimum atomic E-state index is 0.0406. The van der Waals surface area contributed by atoms with Crippen molar-refractivity contribution in [1.82, 2.24) is 14.9 Å². The third-order valence-electron chi connectivity index (χ3n) is 4.36. The van der Waals surface area contributed by atoms with Gasteiger partial charge >= 0.3 is 0 Å². The number of morpholine rings is 1. The van der Waals surface area contributed by atoms with Crippen LogP contribution in [-0.2, 0) is 4.74 Å². The molecule has 0 spiro atoms. The van der Waals surface area contributed by atoms with E-state index in [9.17, 15) is 0 Å². The summed E-state index contributed by atoms with van der Waals surface area (Å²) in [6, 6.07) is 10.7. The van der Waals surface area contributed by atoms with Gasteiger partial charge in [0.2, 0.25) is 11.8 Å². The van der Waals surface area contributed by atoms with Crippen molar-refractivity contribution in [2.75, 3.05) is 32.0 Å². The lowest BCUT2D eigenvalue weighted by molar-refractivity contribution is 0.0198. The quantitative estimate of drug-likeness (QED) is 0.901. The van der Waals surface area contributed by atoms with Crippen LogP contribution in [0.3, 0.4) is 0 Å². The van der Waals surface area contributed by atoms with Crippen LogP contribution in [0, 0.1) is 0 Å². The fourth-order valence-electron chi connectivity index (χ4n) is 3.00. The van der Waals surface area contributed by atoms with E-state index in [1.807, 2.05) is 19.9 Å². The lowest BCUT2D eigenvalue weighted by Crippen LogP contribution is -2.37. The molecule has 6 heteroatoms. The Hall–Kier alpha value is -2.18. The Bertz CT molecular complexity index is 697. The highest BCUT2D eigenvalue weighted by molar-refractivity contribution is 5.61. The molecule has 1 saturated heterocycles. The number of aromatic nitrogens is 2. The van der Waals surface area contributed by atoms with Crippen LogP contribution in [0.15, 0.2) is 30.3 Å². The molecule has 1 atom stereocenters. The Morgan fingerprint density at radius 3 is 2.40 bits per heavy atom. The monoisotopic (exact) mass is 342 g/mol. The standard InChI is InChI=1S/C19H26N4O2/c1-13(2)25-18-12-17(21-19(20)22-18)16-6-4-15(5-7-16)14(3)23-8-10-24-11-9-23/h4-7,12-14H,8-11H2,1-3H3,(H2,20,21,22)/t14-/m1/s1. The van der Waals surface area contributed by atoms with Gasteiger partial charge in [0.1, 0.15) is 0 Å². The van der Waals surface area contributed by atoms with Gasteiger partial charge < -0.3 is 15.2 Å². The minimum Gasteiger partial charge on any atom is -0.475 e. The normalized spacial score (nSPS) is 16.8. The van der Waals surface area contributed by atoms with Gasteiger partial charge in [-0.3, -0.25) is 4.90 Å². The summed E-state index contributed by atoms with van der Waals surface area (Å²) < 4.78 is 11.1. The smallest absolute Gasteiger partial charge is 0.223 e. The van der Waals surface area contributed by atoms with E-state index in [1.54, 1.807) is 0 Å². The largest absolute Gasteiger partial charge is 0.475 e. The van der Waals surface area contributed by atoms with Crippen LogP contribution in [0.5, 0.6) is 5.88 Å². The van der Waals surface area contributed by atoms with Gasteiger partial charge in [0, 0.05) is 30.8 Å². The first-order chi connectivity index (χ1) is 12.0. The molecule has 1 fully saturated rings. The van der Waals surface area contributed by atoms with Gasteiger partial charge in [-0.2, -0.15) is 4.98 Å². The average molecular weight is 342 g/mol. The van der Waals surface area contributed by atoms with Crippen molar-refractivity contribution in [1.29, 1.82) is 0 Å². The molecular weight excluding hydrogens is 316 g/mol. The van der Waals surface area contributed by atoms with E-state index in [0.29, 0.717) is 11.9 Å². The van der Waals surface area contributed by atoms with Crippen LogP contribution in [0.25, 0.3) is 11.3 Å². The van der Waals surface area contributed by atoms with Crippen LogP contribution in [-0.4, -0.2) is 47.3 Å². The van der Waals surface area contributed by atoms with Gasteiger partial charge in [-0.15, -0.1) is 0 Å². The van der Waals surface area contributed by atoms with Crippen LogP contribution in [0.1, 0.15) is 32.4 Å². The first kappa shape index (κ1) is 17.6. The number of hydrogen-bond acceptors (Lipinski definition) is 6. The van der Waals surface area contributed by atoms with Crippen molar-refractivity contribution >= 4 is 5.95 Å². The van der Waals surface area contributed by atoms with Gasteiger partial charge in [-0.05, 0) is 26.3 Å². The summed E-state index contributed by atoms with van der Waals surface area (Å²) in [7, 11) is 0. The molecule has 1 aliphatic heterocycles. The van der Waals surface area contributed by atoms with E-state index in [2.05, 4.69) is 46.1 Å². The molecule has 0 bridgehead atoms.